The lowest BCUT2D eigenvalue weighted by atomic mass is 10.1. The lowest BCUT2D eigenvalue weighted by Crippen LogP contribution is -2.12. The van der Waals surface area contributed by atoms with Gasteiger partial charge in [0.1, 0.15) is 11.4 Å². The molecule has 4 rings (SSSR count). The summed E-state index contributed by atoms with van der Waals surface area (Å²) in [6.07, 6.45) is 3.49. The number of aromatic amines is 2. The van der Waals surface area contributed by atoms with Crippen molar-refractivity contribution in [1.29, 1.82) is 0 Å². The van der Waals surface area contributed by atoms with Gasteiger partial charge in [-0.1, -0.05) is 12.1 Å². The van der Waals surface area contributed by atoms with E-state index in [0.29, 0.717) is 18.2 Å². The van der Waals surface area contributed by atoms with Crippen LogP contribution in [0.2, 0.25) is 0 Å². The summed E-state index contributed by atoms with van der Waals surface area (Å²) in [5, 5.41) is 13.5. The number of rotatable bonds is 4. The van der Waals surface area contributed by atoms with Crippen molar-refractivity contribution in [3.63, 3.8) is 0 Å². The number of H-pyrrole nitrogens is 2. The van der Waals surface area contributed by atoms with Crippen molar-refractivity contribution < 1.29 is 5.11 Å². The van der Waals surface area contributed by atoms with Crippen LogP contribution in [0.1, 0.15) is 5.56 Å². The van der Waals surface area contributed by atoms with Crippen LogP contribution in [0.5, 0.6) is 5.75 Å². The lowest BCUT2D eigenvalue weighted by molar-refractivity contribution is 0.474. The van der Waals surface area contributed by atoms with E-state index in [-0.39, 0.29) is 11.3 Å². The molecule has 0 aliphatic carbocycles. The maximum atomic E-state index is 12.0. The predicted molar refractivity (Wildman–Crippen MR) is 95.4 cm³/mol. The molecule has 0 amide bonds. The van der Waals surface area contributed by atoms with Crippen LogP contribution >= 0.6 is 0 Å². The van der Waals surface area contributed by atoms with E-state index in [1.54, 1.807) is 30.6 Å². The molecule has 0 saturated heterocycles. The van der Waals surface area contributed by atoms with Gasteiger partial charge in [-0.3, -0.25) is 9.78 Å². The minimum Gasteiger partial charge on any atom is -0.508 e. The number of hydrogen-bond donors (Lipinski definition) is 4. The predicted octanol–water partition coefficient (Wildman–Crippen LogP) is 2.63. The fourth-order valence-electron chi connectivity index (χ4n) is 2.70. The zero-order valence-corrected chi connectivity index (χ0v) is 13.2. The van der Waals surface area contributed by atoms with Gasteiger partial charge in [0.2, 0.25) is 5.95 Å². The van der Waals surface area contributed by atoms with E-state index < -0.39 is 0 Å². The van der Waals surface area contributed by atoms with Gasteiger partial charge in [-0.2, -0.15) is 0 Å². The summed E-state index contributed by atoms with van der Waals surface area (Å²) in [5.74, 6) is 0.560. The molecule has 0 aliphatic heterocycles. The molecule has 124 valence electrons. The lowest BCUT2D eigenvalue weighted by Gasteiger charge is -2.07. The molecule has 7 heteroatoms. The first-order valence-corrected chi connectivity index (χ1v) is 7.75. The second kappa shape index (κ2) is 6.12. The minimum atomic E-state index is -0.248. The van der Waals surface area contributed by atoms with Crippen LogP contribution in [0.25, 0.3) is 22.3 Å². The third-order valence-corrected chi connectivity index (χ3v) is 3.84. The number of benzene rings is 1. The standard InChI is InChI=1S/C18H15N5O2/c24-12-4-1-3-11(7-12)9-21-18-22-15(8-16(25)23-18)14-10-20-17-13(14)5-2-6-19-17/h1-8,10,24H,9H2,(H,19,20)(H2,21,22,23,25). The Morgan fingerprint density at radius 2 is 2.08 bits per heavy atom. The molecule has 0 fully saturated rings. The SMILES string of the molecule is O=c1cc(-c2c[nH]c3ncccc23)nc(NCc2cccc(O)c2)[nH]1. The normalized spacial score (nSPS) is 10.9. The molecular formula is C18H15N5O2. The van der Waals surface area contributed by atoms with Gasteiger partial charge in [-0.25, -0.2) is 9.97 Å². The molecule has 7 nitrogen and oxygen atoms in total. The highest BCUT2D eigenvalue weighted by Crippen LogP contribution is 2.25. The van der Waals surface area contributed by atoms with Gasteiger partial charge in [0.05, 0.1) is 5.69 Å². The molecule has 4 N–H and O–H groups in total. The summed E-state index contributed by atoms with van der Waals surface area (Å²) in [5.41, 5.74) is 2.75. The third kappa shape index (κ3) is 3.07. The van der Waals surface area contributed by atoms with Gasteiger partial charge in [0.15, 0.2) is 0 Å². The van der Waals surface area contributed by atoms with Crippen LogP contribution in [0.4, 0.5) is 5.95 Å². The van der Waals surface area contributed by atoms with Crippen LogP contribution in [0, 0.1) is 0 Å². The maximum absolute atomic E-state index is 12.0. The largest absolute Gasteiger partial charge is 0.508 e. The molecule has 0 atom stereocenters. The van der Waals surface area contributed by atoms with Gasteiger partial charge < -0.3 is 15.4 Å². The monoisotopic (exact) mass is 333 g/mol. The van der Waals surface area contributed by atoms with Crippen LogP contribution < -0.4 is 10.9 Å². The van der Waals surface area contributed by atoms with Crippen LogP contribution in [0.3, 0.4) is 0 Å². The Kier molecular flexibility index (Phi) is 3.66. The van der Waals surface area contributed by atoms with Crippen molar-refractivity contribution in [2.24, 2.45) is 0 Å². The Labute approximate surface area is 142 Å². The number of aromatic nitrogens is 4. The number of nitrogens with zero attached hydrogens (tertiary/aromatic N) is 2. The van der Waals surface area contributed by atoms with E-state index in [1.807, 2.05) is 18.2 Å². The number of anilines is 1. The number of phenols is 1. The van der Waals surface area contributed by atoms with Crippen molar-refractivity contribution in [1.82, 2.24) is 19.9 Å². The van der Waals surface area contributed by atoms with Crippen LogP contribution in [0.15, 0.2) is 59.7 Å². The fourth-order valence-corrected chi connectivity index (χ4v) is 2.70. The summed E-state index contributed by atoms with van der Waals surface area (Å²) in [7, 11) is 0. The van der Waals surface area contributed by atoms with Crippen LogP contribution in [-0.2, 0) is 6.54 Å². The molecule has 0 bridgehead atoms. The summed E-state index contributed by atoms with van der Waals surface area (Å²) >= 11 is 0. The topological polar surface area (TPSA) is 107 Å². The minimum absolute atomic E-state index is 0.195. The van der Waals surface area contributed by atoms with Crippen LogP contribution in [-0.4, -0.2) is 25.0 Å². The van der Waals surface area contributed by atoms with Crippen molar-refractivity contribution in [2.45, 2.75) is 6.54 Å². The highest BCUT2D eigenvalue weighted by atomic mass is 16.3. The van der Waals surface area contributed by atoms with Gasteiger partial charge in [0.25, 0.3) is 5.56 Å². The molecule has 0 spiro atoms. The number of nitrogens with one attached hydrogen (secondary N) is 3. The first-order chi connectivity index (χ1) is 12.2. The van der Waals surface area contributed by atoms with Gasteiger partial charge >= 0.3 is 0 Å². The molecule has 4 aromatic rings. The van der Waals surface area contributed by atoms with E-state index >= 15 is 0 Å². The Hall–Kier alpha value is -3.61. The molecule has 0 aliphatic rings. The van der Waals surface area contributed by atoms with E-state index in [2.05, 4.69) is 25.3 Å². The molecule has 3 aromatic heterocycles. The quantitative estimate of drug-likeness (QED) is 0.459. The molecule has 3 heterocycles. The smallest absolute Gasteiger partial charge is 0.252 e. The second-order valence-electron chi connectivity index (χ2n) is 5.60. The molecule has 25 heavy (non-hydrogen) atoms. The number of phenolic OH excluding ortho intramolecular Hbond substituents is 1. The van der Waals surface area contributed by atoms with Crippen molar-refractivity contribution >= 4 is 17.0 Å². The fraction of sp³-hybridized carbons (Fsp3) is 0.0556. The zero-order chi connectivity index (χ0) is 17.2. The average molecular weight is 333 g/mol. The molecular weight excluding hydrogens is 318 g/mol. The Balaban J connectivity index is 1.66. The molecule has 1 aromatic carbocycles. The van der Waals surface area contributed by atoms with E-state index in [1.165, 1.54) is 6.07 Å². The first kappa shape index (κ1) is 14.9. The molecule has 0 unspecified atom stereocenters. The second-order valence-corrected chi connectivity index (χ2v) is 5.60. The van der Waals surface area contributed by atoms with Gasteiger partial charge in [0, 0.05) is 36.0 Å². The summed E-state index contributed by atoms with van der Waals surface area (Å²) in [6.45, 7) is 0.427. The molecule has 0 radical (unpaired) electrons. The highest BCUT2D eigenvalue weighted by molar-refractivity contribution is 5.92. The van der Waals surface area contributed by atoms with E-state index in [4.69, 9.17) is 0 Å². The average Bonchev–Trinajstić information content (AvgIpc) is 3.04. The number of aromatic hydroxyl groups is 1. The Bertz CT molecular complexity index is 1100. The molecule has 0 saturated carbocycles. The van der Waals surface area contributed by atoms with Crippen molar-refractivity contribution in [2.75, 3.05) is 5.32 Å². The summed E-state index contributed by atoms with van der Waals surface area (Å²) < 4.78 is 0. The number of fused-ring (bicyclic) bond motifs is 1. The maximum Gasteiger partial charge on any atom is 0.252 e. The van der Waals surface area contributed by atoms with E-state index in [9.17, 15) is 9.90 Å². The summed E-state index contributed by atoms with van der Waals surface area (Å²) in [6, 6.07) is 12.1. The summed E-state index contributed by atoms with van der Waals surface area (Å²) in [4.78, 5) is 26.5. The highest BCUT2D eigenvalue weighted by Gasteiger charge is 2.10. The number of hydrogen-bond acceptors (Lipinski definition) is 5. The van der Waals surface area contributed by atoms with Crippen molar-refractivity contribution in [3.8, 4) is 17.0 Å². The van der Waals surface area contributed by atoms with Gasteiger partial charge in [-0.05, 0) is 29.8 Å². The van der Waals surface area contributed by atoms with E-state index in [0.717, 1.165) is 22.2 Å². The number of pyridine rings is 1. The first-order valence-electron chi connectivity index (χ1n) is 7.75. The Morgan fingerprint density at radius 3 is 2.96 bits per heavy atom. The van der Waals surface area contributed by atoms with Gasteiger partial charge in [-0.15, -0.1) is 0 Å². The zero-order valence-electron chi connectivity index (χ0n) is 13.2. The van der Waals surface area contributed by atoms with Crippen molar-refractivity contribution in [3.05, 3.63) is 70.8 Å². The third-order valence-electron chi connectivity index (χ3n) is 3.84. The Morgan fingerprint density at radius 1 is 1.16 bits per heavy atom.